The van der Waals surface area contributed by atoms with Crippen molar-refractivity contribution in [1.82, 2.24) is 10.4 Å². The first-order valence-corrected chi connectivity index (χ1v) is 10.1. The van der Waals surface area contributed by atoms with Crippen LogP contribution in [0, 0.1) is 0 Å². The molecular weight excluding hydrogens is 390 g/mol. The van der Waals surface area contributed by atoms with Crippen molar-refractivity contribution >= 4 is 29.6 Å². The summed E-state index contributed by atoms with van der Waals surface area (Å²) in [7, 11) is 0. The lowest BCUT2D eigenvalue weighted by Crippen LogP contribution is -2.45. The van der Waals surface area contributed by atoms with Crippen molar-refractivity contribution in [2.75, 3.05) is 0 Å². The topological polar surface area (TPSA) is 136 Å². The highest BCUT2D eigenvalue weighted by molar-refractivity contribution is 6.01. The number of amides is 4. The fraction of sp³-hybridized carbons (Fsp3) is 0.476. The number of benzene rings is 1. The molecule has 0 bridgehead atoms. The van der Waals surface area contributed by atoms with Gasteiger partial charge in [0, 0.05) is 32.1 Å². The number of carbonyl (C=O) groups is 5. The van der Waals surface area contributed by atoms with Gasteiger partial charge in [-0.25, -0.2) is 4.79 Å². The van der Waals surface area contributed by atoms with Crippen LogP contribution in [0.25, 0.3) is 0 Å². The molecule has 0 aliphatic carbocycles. The number of rotatable bonds is 12. The third-order valence-corrected chi connectivity index (χ3v) is 4.69. The molecule has 1 saturated heterocycles. The summed E-state index contributed by atoms with van der Waals surface area (Å²) in [6.45, 7) is 0. The summed E-state index contributed by atoms with van der Waals surface area (Å²) in [6, 6.07) is 8.54. The van der Waals surface area contributed by atoms with E-state index in [1.807, 2.05) is 30.3 Å². The normalized spacial score (nSPS) is 14.5. The van der Waals surface area contributed by atoms with Gasteiger partial charge < -0.3 is 15.9 Å². The van der Waals surface area contributed by atoms with Gasteiger partial charge in [-0.2, -0.15) is 0 Å². The lowest BCUT2D eigenvalue weighted by molar-refractivity contribution is -0.197. The zero-order chi connectivity index (χ0) is 21.9. The number of hydroxylamine groups is 2. The highest BCUT2D eigenvalue weighted by atomic mass is 16.7. The maximum absolute atomic E-state index is 12.1. The highest BCUT2D eigenvalue weighted by Gasteiger charge is 2.32. The number of nitrogens with one attached hydrogen (secondary N) is 1. The van der Waals surface area contributed by atoms with E-state index in [0.29, 0.717) is 37.2 Å². The third-order valence-electron chi connectivity index (χ3n) is 4.69. The van der Waals surface area contributed by atoms with E-state index in [9.17, 15) is 24.0 Å². The SMILES string of the molecule is NC(=O)C(Cc1ccccc1)NC(=O)CCCCCCC(=O)ON1C(=O)CCC1=O. The zero-order valence-electron chi connectivity index (χ0n) is 16.8. The van der Waals surface area contributed by atoms with Gasteiger partial charge in [0.25, 0.3) is 11.8 Å². The molecule has 1 aromatic carbocycles. The van der Waals surface area contributed by atoms with Gasteiger partial charge in [-0.3, -0.25) is 19.2 Å². The van der Waals surface area contributed by atoms with Crippen LogP contribution in [0.15, 0.2) is 30.3 Å². The van der Waals surface area contributed by atoms with E-state index in [1.54, 1.807) is 0 Å². The minimum Gasteiger partial charge on any atom is -0.368 e. The van der Waals surface area contributed by atoms with E-state index >= 15 is 0 Å². The summed E-state index contributed by atoms with van der Waals surface area (Å²) in [5.41, 5.74) is 6.30. The van der Waals surface area contributed by atoms with E-state index in [1.165, 1.54) is 0 Å². The molecule has 1 aliphatic heterocycles. The number of hydrogen-bond donors (Lipinski definition) is 2. The minimum atomic E-state index is -0.759. The van der Waals surface area contributed by atoms with Gasteiger partial charge in [0.2, 0.25) is 11.8 Å². The lowest BCUT2D eigenvalue weighted by Gasteiger charge is -2.15. The van der Waals surface area contributed by atoms with E-state index in [-0.39, 0.29) is 31.6 Å². The molecule has 1 aliphatic rings. The van der Waals surface area contributed by atoms with Crippen LogP contribution in [0.4, 0.5) is 0 Å². The Labute approximate surface area is 174 Å². The number of hydrogen-bond acceptors (Lipinski definition) is 6. The van der Waals surface area contributed by atoms with Crippen LogP contribution in [0.5, 0.6) is 0 Å². The van der Waals surface area contributed by atoms with Crippen LogP contribution in [-0.2, 0) is 35.2 Å². The molecule has 9 heteroatoms. The molecule has 3 N–H and O–H groups in total. The fourth-order valence-electron chi connectivity index (χ4n) is 3.05. The molecule has 2 rings (SSSR count). The Morgan fingerprint density at radius 1 is 0.967 bits per heavy atom. The Bertz CT molecular complexity index is 764. The van der Waals surface area contributed by atoms with Crippen molar-refractivity contribution in [3.8, 4) is 0 Å². The number of imide groups is 1. The number of nitrogens with zero attached hydrogens (tertiary/aromatic N) is 1. The fourth-order valence-corrected chi connectivity index (χ4v) is 3.05. The third kappa shape index (κ3) is 7.65. The maximum atomic E-state index is 12.1. The highest BCUT2D eigenvalue weighted by Crippen LogP contribution is 2.14. The van der Waals surface area contributed by atoms with Crippen molar-refractivity contribution in [2.45, 2.75) is 63.8 Å². The van der Waals surface area contributed by atoms with Crippen molar-refractivity contribution in [2.24, 2.45) is 5.73 Å². The number of primary amides is 1. The van der Waals surface area contributed by atoms with Crippen LogP contribution >= 0.6 is 0 Å². The molecule has 4 amide bonds. The molecule has 1 fully saturated rings. The first-order chi connectivity index (χ1) is 14.4. The maximum Gasteiger partial charge on any atom is 0.333 e. The molecule has 1 unspecified atom stereocenters. The average Bonchev–Trinajstić information content (AvgIpc) is 3.02. The molecule has 1 atom stereocenters. The minimum absolute atomic E-state index is 0.0656. The van der Waals surface area contributed by atoms with Gasteiger partial charge in [0.1, 0.15) is 6.04 Å². The molecule has 0 spiro atoms. The van der Waals surface area contributed by atoms with E-state index in [2.05, 4.69) is 5.32 Å². The summed E-state index contributed by atoms with van der Waals surface area (Å²) >= 11 is 0. The van der Waals surface area contributed by atoms with Crippen molar-refractivity contribution in [1.29, 1.82) is 0 Å². The molecule has 162 valence electrons. The van der Waals surface area contributed by atoms with Crippen molar-refractivity contribution < 1.29 is 28.8 Å². The first-order valence-electron chi connectivity index (χ1n) is 10.1. The molecular formula is C21H27N3O6. The summed E-state index contributed by atoms with van der Waals surface area (Å²) in [4.78, 5) is 62.9. The van der Waals surface area contributed by atoms with Gasteiger partial charge in [0.05, 0.1) is 0 Å². The van der Waals surface area contributed by atoms with Gasteiger partial charge >= 0.3 is 5.97 Å². The van der Waals surface area contributed by atoms with E-state index < -0.39 is 29.7 Å². The first kappa shape index (κ1) is 23.1. The van der Waals surface area contributed by atoms with Gasteiger partial charge in [0.15, 0.2) is 0 Å². The Hall–Kier alpha value is -3.23. The Kier molecular flexibility index (Phi) is 8.99. The molecule has 30 heavy (non-hydrogen) atoms. The Morgan fingerprint density at radius 2 is 1.57 bits per heavy atom. The van der Waals surface area contributed by atoms with Crippen LogP contribution in [0.3, 0.4) is 0 Å². The molecule has 1 heterocycles. The molecule has 9 nitrogen and oxygen atoms in total. The lowest BCUT2D eigenvalue weighted by atomic mass is 10.0. The van der Waals surface area contributed by atoms with Crippen LogP contribution < -0.4 is 11.1 Å². The van der Waals surface area contributed by atoms with Gasteiger partial charge in [-0.05, 0) is 18.4 Å². The summed E-state index contributed by atoms with van der Waals surface area (Å²) < 4.78 is 0. The van der Waals surface area contributed by atoms with E-state index in [4.69, 9.17) is 10.6 Å². The monoisotopic (exact) mass is 417 g/mol. The number of unbranched alkanes of at least 4 members (excludes halogenated alkanes) is 3. The van der Waals surface area contributed by atoms with Crippen LogP contribution in [-0.4, -0.2) is 40.7 Å². The standard InChI is InChI=1S/C21H27N3O6/c22-21(29)16(14-15-8-4-3-5-9-15)23-17(25)10-6-1-2-7-11-20(28)30-24-18(26)12-13-19(24)27/h3-5,8-9,16H,1-2,6-7,10-14H2,(H2,22,29)(H,23,25). The number of carbonyl (C=O) groups excluding carboxylic acids is 5. The summed E-state index contributed by atoms with van der Waals surface area (Å²) in [6.07, 6.45) is 3.33. The van der Waals surface area contributed by atoms with Gasteiger partial charge in [-0.1, -0.05) is 43.2 Å². The molecule has 0 radical (unpaired) electrons. The summed E-state index contributed by atoms with van der Waals surface area (Å²) in [5, 5.41) is 3.20. The second kappa shape index (κ2) is 11.7. The summed E-state index contributed by atoms with van der Waals surface area (Å²) in [5.74, 6) is -2.45. The zero-order valence-corrected chi connectivity index (χ0v) is 16.8. The predicted molar refractivity (Wildman–Crippen MR) is 106 cm³/mol. The number of nitrogens with two attached hydrogens (primary N) is 1. The Balaban J connectivity index is 1.58. The predicted octanol–water partition coefficient (Wildman–Crippen LogP) is 1.15. The Morgan fingerprint density at radius 3 is 2.17 bits per heavy atom. The average molecular weight is 417 g/mol. The van der Waals surface area contributed by atoms with Crippen LogP contribution in [0.1, 0.15) is 56.9 Å². The van der Waals surface area contributed by atoms with Crippen molar-refractivity contribution in [3.63, 3.8) is 0 Å². The largest absolute Gasteiger partial charge is 0.368 e. The molecule has 0 aromatic heterocycles. The van der Waals surface area contributed by atoms with Crippen molar-refractivity contribution in [3.05, 3.63) is 35.9 Å². The second-order valence-electron chi connectivity index (χ2n) is 7.17. The smallest absolute Gasteiger partial charge is 0.333 e. The van der Waals surface area contributed by atoms with Gasteiger partial charge in [-0.15, -0.1) is 5.06 Å². The van der Waals surface area contributed by atoms with Crippen LogP contribution in [0.2, 0.25) is 0 Å². The second-order valence-corrected chi connectivity index (χ2v) is 7.17. The quantitative estimate of drug-likeness (QED) is 0.387. The van der Waals surface area contributed by atoms with E-state index in [0.717, 1.165) is 5.56 Å². The molecule has 0 saturated carbocycles. The molecule has 1 aromatic rings.